The van der Waals surface area contributed by atoms with E-state index in [0.29, 0.717) is 29.8 Å². The maximum absolute atomic E-state index is 13.4. The van der Waals surface area contributed by atoms with E-state index in [-0.39, 0.29) is 17.9 Å². The van der Waals surface area contributed by atoms with Gasteiger partial charge in [0.2, 0.25) is 0 Å². The number of rotatable bonds is 5. The smallest absolute Gasteiger partial charge is 0.157 e. The second kappa shape index (κ2) is 8.82. The molecule has 4 aliphatic carbocycles. The van der Waals surface area contributed by atoms with Gasteiger partial charge in [-0.25, -0.2) is 0 Å². The summed E-state index contributed by atoms with van der Waals surface area (Å²) in [6.45, 7) is 3.14. The van der Waals surface area contributed by atoms with Crippen LogP contribution in [0.25, 0.3) is 0 Å². The average molecular weight is 454 g/mol. The number of methoxy groups -OCH3 is 1. The second-order valence-electron chi connectivity index (χ2n) is 11.9. The molecule has 4 saturated carbocycles. The van der Waals surface area contributed by atoms with E-state index in [0.717, 1.165) is 49.9 Å². The molecule has 1 aromatic rings. The summed E-state index contributed by atoms with van der Waals surface area (Å²) in [5, 5.41) is 24.4. The van der Waals surface area contributed by atoms with E-state index >= 15 is 0 Å². The van der Waals surface area contributed by atoms with Crippen molar-refractivity contribution in [3.8, 4) is 6.07 Å². The fraction of sp³-hybridized carbons (Fsp3) is 0.815. The van der Waals surface area contributed by atoms with Gasteiger partial charge in [0.1, 0.15) is 6.07 Å². The Kier molecular flexibility index (Phi) is 6.16. The van der Waals surface area contributed by atoms with Crippen molar-refractivity contribution < 1.29 is 14.6 Å². The van der Waals surface area contributed by atoms with Crippen LogP contribution in [0.4, 0.5) is 0 Å². The minimum absolute atomic E-state index is 0.0951. The van der Waals surface area contributed by atoms with Gasteiger partial charge in [-0.05, 0) is 92.8 Å². The predicted octanol–water partition coefficient (Wildman–Crippen LogP) is 4.36. The largest absolute Gasteiger partial charge is 0.387 e. The molecule has 1 N–H and O–H groups in total. The van der Waals surface area contributed by atoms with Gasteiger partial charge >= 0.3 is 0 Å². The number of carbonyl (C=O) groups is 1. The van der Waals surface area contributed by atoms with Crippen molar-refractivity contribution in [1.82, 2.24) is 9.78 Å². The summed E-state index contributed by atoms with van der Waals surface area (Å²) in [6, 6.07) is 2.10. The van der Waals surface area contributed by atoms with Gasteiger partial charge in [-0.15, -0.1) is 0 Å². The summed E-state index contributed by atoms with van der Waals surface area (Å²) in [5.41, 5.74) is -0.0403. The van der Waals surface area contributed by atoms with Crippen LogP contribution in [-0.2, 0) is 16.1 Å². The summed E-state index contributed by atoms with van der Waals surface area (Å²) in [5.74, 6) is 3.86. The highest BCUT2D eigenvalue weighted by Crippen LogP contribution is 2.64. The molecule has 8 atom stereocenters. The van der Waals surface area contributed by atoms with Crippen LogP contribution >= 0.6 is 0 Å². The first-order valence-electron chi connectivity index (χ1n) is 13.0. The summed E-state index contributed by atoms with van der Waals surface area (Å²) in [7, 11) is 1.70. The molecule has 180 valence electrons. The number of hydrogen-bond donors (Lipinski definition) is 1. The second-order valence-corrected chi connectivity index (χ2v) is 11.9. The van der Waals surface area contributed by atoms with E-state index in [4.69, 9.17) is 10.00 Å². The third-order valence-electron chi connectivity index (χ3n) is 10.2. The van der Waals surface area contributed by atoms with Gasteiger partial charge < -0.3 is 9.84 Å². The maximum atomic E-state index is 13.4. The molecule has 4 fully saturated rings. The Morgan fingerprint density at radius 2 is 2.06 bits per heavy atom. The van der Waals surface area contributed by atoms with Crippen molar-refractivity contribution >= 4 is 5.78 Å². The molecule has 5 rings (SSSR count). The lowest BCUT2D eigenvalue weighted by Gasteiger charge is -2.54. The van der Waals surface area contributed by atoms with E-state index in [9.17, 15) is 9.90 Å². The molecule has 6 heteroatoms. The normalized spacial score (nSPS) is 42.5. The Bertz CT molecular complexity index is 922. The number of carbonyl (C=O) groups excluding carboxylic acids is 1. The topological polar surface area (TPSA) is 88.1 Å². The molecule has 0 radical (unpaired) electrons. The van der Waals surface area contributed by atoms with Crippen LogP contribution in [0, 0.1) is 52.3 Å². The first kappa shape index (κ1) is 23.1. The molecule has 0 saturated heterocycles. The number of Topliss-reactive ketones (excluding diaryl/α,β-unsaturated/α-hetero) is 1. The van der Waals surface area contributed by atoms with Gasteiger partial charge in [0.15, 0.2) is 5.78 Å². The molecule has 0 spiro atoms. The lowest BCUT2D eigenvalue weighted by Crippen LogP contribution is -2.49. The first-order valence-corrected chi connectivity index (χ1v) is 13.0. The average Bonchev–Trinajstić information content (AvgIpc) is 3.33. The van der Waals surface area contributed by atoms with Gasteiger partial charge in [0.25, 0.3) is 0 Å². The van der Waals surface area contributed by atoms with Gasteiger partial charge in [-0.1, -0.05) is 13.3 Å². The fourth-order valence-electron chi connectivity index (χ4n) is 8.90. The molecule has 1 aromatic heterocycles. The van der Waals surface area contributed by atoms with Crippen LogP contribution in [0.15, 0.2) is 12.4 Å². The lowest BCUT2D eigenvalue weighted by molar-refractivity contribution is -0.131. The first-order chi connectivity index (χ1) is 15.9. The van der Waals surface area contributed by atoms with E-state index in [2.05, 4.69) is 18.1 Å². The van der Waals surface area contributed by atoms with Crippen LogP contribution in [0.2, 0.25) is 0 Å². The quantitative estimate of drug-likeness (QED) is 0.716. The van der Waals surface area contributed by atoms with E-state index < -0.39 is 5.60 Å². The van der Waals surface area contributed by atoms with E-state index in [1.807, 2.05) is 0 Å². The maximum Gasteiger partial charge on any atom is 0.157 e. The molecule has 6 nitrogen and oxygen atoms in total. The minimum Gasteiger partial charge on any atom is -0.387 e. The number of fused-ring (bicyclic) bond motifs is 5. The molecule has 4 aliphatic rings. The Morgan fingerprint density at radius 3 is 2.82 bits per heavy atom. The summed E-state index contributed by atoms with van der Waals surface area (Å²) < 4.78 is 7.02. The third-order valence-corrected chi connectivity index (χ3v) is 10.2. The summed E-state index contributed by atoms with van der Waals surface area (Å²) in [4.78, 5) is 13.4. The Morgan fingerprint density at radius 1 is 1.21 bits per heavy atom. The highest BCUT2D eigenvalue weighted by molar-refractivity contribution is 5.82. The molecule has 1 heterocycles. The standard InChI is InChI=1S/C27H39N3O3/c1-26-11-9-21-20-4-3-10-27(32,17-33-2)12-19(20)5-6-22(21)23(26)7-8-24(26)25(31)16-30-15-18(13-28)14-29-30/h14-15,19-24,32H,3-12,16-17H2,1-2H3/t19-,20+,21-,22-,23+,24-,26+,27-/m1/s1. The van der Waals surface area contributed by atoms with Crippen molar-refractivity contribution in [3.63, 3.8) is 0 Å². The van der Waals surface area contributed by atoms with Crippen molar-refractivity contribution in [2.24, 2.45) is 40.9 Å². The van der Waals surface area contributed by atoms with Crippen LogP contribution in [0.1, 0.15) is 76.7 Å². The highest BCUT2D eigenvalue weighted by Gasteiger charge is 2.58. The summed E-state index contributed by atoms with van der Waals surface area (Å²) >= 11 is 0. The zero-order chi connectivity index (χ0) is 23.2. The Hall–Kier alpha value is -1.71. The molecular weight excluding hydrogens is 414 g/mol. The molecule has 0 amide bonds. The molecular formula is C27H39N3O3. The van der Waals surface area contributed by atoms with Crippen molar-refractivity contribution in [2.45, 2.75) is 83.3 Å². The number of hydrogen-bond acceptors (Lipinski definition) is 5. The van der Waals surface area contributed by atoms with Crippen molar-refractivity contribution in [1.29, 1.82) is 5.26 Å². The molecule has 0 aromatic carbocycles. The lowest BCUT2D eigenvalue weighted by atomic mass is 9.50. The fourth-order valence-corrected chi connectivity index (χ4v) is 8.90. The predicted molar refractivity (Wildman–Crippen MR) is 124 cm³/mol. The highest BCUT2D eigenvalue weighted by atomic mass is 16.5. The number of nitriles is 1. The Balaban J connectivity index is 1.29. The molecule has 0 bridgehead atoms. The van der Waals surface area contributed by atoms with E-state index in [1.54, 1.807) is 18.0 Å². The zero-order valence-electron chi connectivity index (χ0n) is 20.2. The molecule has 0 unspecified atom stereocenters. The van der Waals surface area contributed by atoms with Crippen LogP contribution in [-0.4, -0.2) is 40.0 Å². The van der Waals surface area contributed by atoms with E-state index in [1.165, 1.54) is 38.3 Å². The van der Waals surface area contributed by atoms with Gasteiger partial charge in [0.05, 0.1) is 30.5 Å². The van der Waals surface area contributed by atoms with Crippen molar-refractivity contribution in [3.05, 3.63) is 18.0 Å². The monoisotopic (exact) mass is 453 g/mol. The van der Waals surface area contributed by atoms with Crippen LogP contribution in [0.5, 0.6) is 0 Å². The number of aromatic nitrogens is 2. The van der Waals surface area contributed by atoms with Gasteiger partial charge in [0, 0.05) is 19.2 Å². The number of nitrogens with zero attached hydrogens (tertiary/aromatic N) is 3. The molecule has 0 aliphatic heterocycles. The number of ketones is 1. The summed E-state index contributed by atoms with van der Waals surface area (Å²) in [6.07, 6.45) is 14.3. The Labute approximate surface area is 197 Å². The number of aliphatic hydroxyl groups is 1. The van der Waals surface area contributed by atoms with Crippen LogP contribution < -0.4 is 0 Å². The van der Waals surface area contributed by atoms with Crippen LogP contribution in [0.3, 0.4) is 0 Å². The van der Waals surface area contributed by atoms with Crippen molar-refractivity contribution in [2.75, 3.05) is 13.7 Å². The SMILES string of the molecule is COC[C@@]1(O)CCC[C@H]2[C@H](CC[C@@H]3[C@@H]2CC[C@]2(C)[C@@H](C(=O)Cn4cc(C#N)cn4)CC[C@@H]32)C1. The molecule has 33 heavy (non-hydrogen) atoms. The number of ether oxygens (including phenoxy) is 1. The third kappa shape index (κ3) is 4.06. The zero-order valence-corrected chi connectivity index (χ0v) is 20.2. The van der Waals surface area contributed by atoms with Gasteiger partial charge in [-0.2, -0.15) is 10.4 Å². The minimum atomic E-state index is -0.646. The van der Waals surface area contributed by atoms with Gasteiger partial charge in [-0.3, -0.25) is 9.48 Å².